The van der Waals surface area contributed by atoms with Crippen molar-refractivity contribution in [3.8, 4) is 17.2 Å². The Morgan fingerprint density at radius 1 is 0.977 bits per heavy atom. The summed E-state index contributed by atoms with van der Waals surface area (Å²) in [5, 5.41) is 12.6. The zero-order valence-electron chi connectivity index (χ0n) is 23.4. The van der Waals surface area contributed by atoms with Gasteiger partial charge in [-0.2, -0.15) is 13.5 Å². The summed E-state index contributed by atoms with van der Waals surface area (Å²) in [7, 11) is -8.14. The number of alkyl halides is 2. The van der Waals surface area contributed by atoms with Gasteiger partial charge in [0.05, 0.1) is 18.6 Å². The molecule has 0 spiro atoms. The molecule has 3 rings (SSSR count). The molecule has 2 atom stereocenters. The number of halogens is 2. The lowest BCUT2D eigenvalue weighted by molar-refractivity contribution is -0.122. The zero-order valence-corrected chi connectivity index (χ0v) is 25.1. The summed E-state index contributed by atoms with van der Waals surface area (Å²) >= 11 is 0. The van der Waals surface area contributed by atoms with Crippen molar-refractivity contribution in [2.45, 2.75) is 36.4 Å². The maximum atomic E-state index is 13.1. The molecule has 4 N–H and O–H groups in total. The molecule has 0 radical (unpaired) electrons. The summed E-state index contributed by atoms with van der Waals surface area (Å²) in [4.78, 5) is 34.2. The normalized spacial score (nSPS) is 13.5. The minimum Gasteiger partial charge on any atom is -0.507 e. The van der Waals surface area contributed by atoms with Gasteiger partial charge >= 0.3 is 19.7 Å². The molecule has 0 saturated heterocycles. The van der Waals surface area contributed by atoms with Crippen LogP contribution in [0, 0.1) is 0 Å². The zero-order chi connectivity index (χ0) is 32.3. The van der Waals surface area contributed by atoms with Crippen LogP contribution in [-0.4, -0.2) is 62.8 Å². The number of benzene rings is 3. The summed E-state index contributed by atoms with van der Waals surface area (Å²) < 4.78 is 79.9. The molecule has 0 aliphatic heterocycles. The molecule has 3 aromatic rings. The van der Waals surface area contributed by atoms with Crippen LogP contribution in [0.2, 0.25) is 0 Å². The van der Waals surface area contributed by atoms with Crippen molar-refractivity contribution in [2.75, 3.05) is 20.3 Å². The Morgan fingerprint density at radius 3 is 2.30 bits per heavy atom. The standard InChI is InChI=1S/C28H31F2N2O10PS/c1-40-27(35)25-23(33)10-7-11-24(25)41-17-6-5-16-31-26(34)22(32-44(38,39)21-8-3-2-4-9-21)18-19-12-14-20(15-13-19)42-43(36,37)28(29)30/h2-4,7-15,22,28,32-33H,5-6,16-18H2,1H3,(H,31,34)(H,36,37)/t22-/m0/s1. The van der Waals surface area contributed by atoms with Gasteiger partial charge in [-0.3, -0.25) is 4.79 Å². The van der Waals surface area contributed by atoms with Crippen LogP contribution >= 0.6 is 7.60 Å². The lowest BCUT2D eigenvalue weighted by Crippen LogP contribution is -2.48. The number of phenolic OH excluding ortho intramolecular Hbond substituents is 1. The lowest BCUT2D eigenvalue weighted by atomic mass is 10.1. The van der Waals surface area contributed by atoms with E-state index < -0.39 is 41.7 Å². The van der Waals surface area contributed by atoms with E-state index in [4.69, 9.17) is 4.74 Å². The molecule has 0 fully saturated rings. The predicted octanol–water partition coefficient (Wildman–Crippen LogP) is 3.83. The van der Waals surface area contributed by atoms with Crippen LogP contribution in [0.5, 0.6) is 17.2 Å². The van der Waals surface area contributed by atoms with Gasteiger partial charge in [0, 0.05) is 6.54 Å². The van der Waals surface area contributed by atoms with Crippen molar-refractivity contribution in [3.63, 3.8) is 0 Å². The second-order valence-corrected chi connectivity index (χ2v) is 12.7. The number of esters is 1. The number of hydrogen-bond acceptors (Lipinski definition) is 9. The molecule has 0 aromatic heterocycles. The Balaban J connectivity index is 1.63. The van der Waals surface area contributed by atoms with Crippen LogP contribution in [0.4, 0.5) is 8.78 Å². The van der Waals surface area contributed by atoms with Gasteiger partial charge in [-0.1, -0.05) is 36.4 Å². The van der Waals surface area contributed by atoms with Crippen molar-refractivity contribution in [3.05, 3.63) is 83.9 Å². The van der Waals surface area contributed by atoms with E-state index in [-0.39, 0.29) is 47.3 Å². The number of aromatic hydroxyl groups is 1. The number of methoxy groups -OCH3 is 1. The van der Waals surface area contributed by atoms with Gasteiger partial charge in [0.1, 0.15) is 28.9 Å². The first-order chi connectivity index (χ1) is 20.8. The summed E-state index contributed by atoms with van der Waals surface area (Å²) in [6, 6.07) is 15.4. The average Bonchev–Trinajstić information content (AvgIpc) is 2.99. The molecule has 0 heterocycles. The van der Waals surface area contributed by atoms with Crippen LogP contribution in [0.25, 0.3) is 0 Å². The molecule has 16 heteroatoms. The molecule has 238 valence electrons. The van der Waals surface area contributed by atoms with Crippen molar-refractivity contribution >= 4 is 29.5 Å². The number of carbonyl (C=O) groups excluding carboxylic acids is 2. The number of ether oxygens (including phenoxy) is 2. The summed E-state index contributed by atoms with van der Waals surface area (Å²) in [5.41, 5.74) is 0.287. The quantitative estimate of drug-likeness (QED) is 0.101. The molecule has 0 aliphatic carbocycles. The fourth-order valence-corrected chi connectivity index (χ4v) is 5.57. The average molecular weight is 657 g/mol. The predicted molar refractivity (Wildman–Crippen MR) is 154 cm³/mol. The van der Waals surface area contributed by atoms with E-state index in [1.807, 2.05) is 0 Å². The van der Waals surface area contributed by atoms with E-state index in [2.05, 4.69) is 19.3 Å². The van der Waals surface area contributed by atoms with Crippen LogP contribution in [0.3, 0.4) is 0 Å². The maximum absolute atomic E-state index is 13.1. The second-order valence-electron chi connectivity index (χ2n) is 9.26. The van der Waals surface area contributed by atoms with Gasteiger partial charge in [-0.05, 0) is 61.2 Å². The summed E-state index contributed by atoms with van der Waals surface area (Å²) in [6.07, 6.45) is -2.92. The van der Waals surface area contributed by atoms with E-state index in [0.717, 1.165) is 12.1 Å². The molecule has 1 amide bonds. The first kappa shape index (κ1) is 34.5. The van der Waals surface area contributed by atoms with Crippen molar-refractivity contribution < 1.29 is 55.4 Å². The fraction of sp³-hybridized carbons (Fsp3) is 0.286. The molecule has 0 aliphatic rings. The topological polar surface area (TPSA) is 178 Å². The first-order valence-corrected chi connectivity index (χ1v) is 16.2. The number of nitrogens with one attached hydrogen (secondary N) is 2. The Kier molecular flexibility index (Phi) is 12.2. The number of rotatable bonds is 16. The number of phenols is 1. The van der Waals surface area contributed by atoms with Gasteiger partial charge in [0.15, 0.2) is 0 Å². The molecular formula is C28H31F2N2O10PS. The van der Waals surface area contributed by atoms with Gasteiger partial charge in [0.25, 0.3) is 0 Å². The smallest absolute Gasteiger partial charge is 0.442 e. The summed E-state index contributed by atoms with van der Waals surface area (Å²) in [5.74, 6) is -1.89. The third-order valence-electron chi connectivity index (χ3n) is 6.04. The number of unbranched alkanes of at least 4 members (excludes halogenated alkanes) is 1. The molecule has 0 saturated carbocycles. The first-order valence-electron chi connectivity index (χ1n) is 13.1. The Bertz CT molecular complexity index is 1570. The number of amides is 1. The van der Waals surface area contributed by atoms with Crippen LogP contribution in [-0.2, 0) is 30.5 Å². The van der Waals surface area contributed by atoms with E-state index >= 15 is 0 Å². The van der Waals surface area contributed by atoms with Gasteiger partial charge in [0.2, 0.25) is 15.9 Å². The van der Waals surface area contributed by atoms with Crippen LogP contribution in [0.15, 0.2) is 77.7 Å². The third-order valence-corrected chi connectivity index (χ3v) is 8.49. The highest BCUT2D eigenvalue weighted by Gasteiger charge is 2.34. The molecule has 0 bridgehead atoms. The Hall–Kier alpha value is -4.04. The van der Waals surface area contributed by atoms with Crippen molar-refractivity contribution in [1.82, 2.24) is 10.0 Å². The highest BCUT2D eigenvalue weighted by Crippen LogP contribution is 2.48. The number of hydrogen-bond donors (Lipinski definition) is 4. The fourth-order valence-electron chi connectivity index (χ4n) is 3.85. The van der Waals surface area contributed by atoms with Crippen LogP contribution < -0.4 is 19.3 Å². The van der Waals surface area contributed by atoms with Gasteiger partial charge in [-0.25, -0.2) is 17.8 Å². The summed E-state index contributed by atoms with van der Waals surface area (Å²) in [6.45, 7) is 0.274. The highest BCUT2D eigenvalue weighted by atomic mass is 32.2. The molecular weight excluding hydrogens is 625 g/mol. The van der Waals surface area contributed by atoms with E-state index in [1.54, 1.807) is 6.07 Å². The van der Waals surface area contributed by atoms with Crippen molar-refractivity contribution in [1.29, 1.82) is 0 Å². The largest absolute Gasteiger partial charge is 0.507 e. The van der Waals surface area contributed by atoms with E-state index in [0.29, 0.717) is 18.4 Å². The number of sulfonamides is 1. The SMILES string of the molecule is COC(=O)c1c(O)cccc1OCCCCNC(=O)[C@H](Cc1ccc(OP(=O)(O)C(F)F)cc1)NS(=O)(=O)c1ccccc1. The van der Waals surface area contributed by atoms with Gasteiger partial charge < -0.3 is 29.3 Å². The van der Waals surface area contributed by atoms with E-state index in [1.165, 1.54) is 61.7 Å². The molecule has 44 heavy (non-hydrogen) atoms. The molecule has 12 nitrogen and oxygen atoms in total. The highest BCUT2D eigenvalue weighted by molar-refractivity contribution is 7.89. The monoisotopic (exact) mass is 656 g/mol. The Labute approximate surface area is 252 Å². The van der Waals surface area contributed by atoms with Crippen LogP contribution in [0.1, 0.15) is 28.8 Å². The molecule has 3 aromatic carbocycles. The second kappa shape index (κ2) is 15.6. The minimum absolute atomic E-state index is 0.0670. The molecule has 1 unspecified atom stereocenters. The van der Waals surface area contributed by atoms with E-state index in [9.17, 15) is 41.4 Å². The minimum atomic E-state index is -5.19. The number of carbonyl (C=O) groups is 2. The lowest BCUT2D eigenvalue weighted by Gasteiger charge is -2.19. The maximum Gasteiger partial charge on any atom is 0.442 e. The Morgan fingerprint density at radius 2 is 1.66 bits per heavy atom. The third kappa shape index (κ3) is 9.74. The van der Waals surface area contributed by atoms with Crippen molar-refractivity contribution in [2.24, 2.45) is 0 Å². The van der Waals surface area contributed by atoms with Gasteiger partial charge in [-0.15, -0.1) is 0 Å².